The molecular formula is C15H16N2O3. The number of amides is 2. The van der Waals surface area contributed by atoms with Gasteiger partial charge >= 0.3 is 0 Å². The Hall–Kier alpha value is -2.01. The maximum absolute atomic E-state index is 12.2. The van der Waals surface area contributed by atoms with Crippen LogP contribution < -0.4 is 0 Å². The van der Waals surface area contributed by atoms with Crippen molar-refractivity contribution in [3.8, 4) is 0 Å². The van der Waals surface area contributed by atoms with Gasteiger partial charge in [-0.3, -0.25) is 19.3 Å². The number of hydrogen-bond acceptors (Lipinski definition) is 4. The SMILES string of the molecule is O=C1CCN(CCN2C(=O)c3ccccc3C2=O)CC1. The van der Waals surface area contributed by atoms with Crippen molar-refractivity contribution in [2.45, 2.75) is 12.8 Å². The fourth-order valence-electron chi connectivity index (χ4n) is 2.71. The van der Waals surface area contributed by atoms with Gasteiger partial charge in [0, 0.05) is 39.0 Å². The second-order valence-electron chi connectivity index (χ2n) is 5.19. The predicted molar refractivity (Wildman–Crippen MR) is 72.5 cm³/mol. The van der Waals surface area contributed by atoms with E-state index in [1.54, 1.807) is 24.3 Å². The number of rotatable bonds is 3. The molecule has 0 radical (unpaired) electrons. The number of hydrogen-bond donors (Lipinski definition) is 0. The second kappa shape index (κ2) is 5.17. The number of Topliss-reactive ketones (excluding diaryl/α,β-unsaturated/α-hetero) is 1. The van der Waals surface area contributed by atoms with Gasteiger partial charge in [0.05, 0.1) is 11.1 Å². The molecule has 1 aromatic carbocycles. The summed E-state index contributed by atoms with van der Waals surface area (Å²) in [6, 6.07) is 6.91. The first-order valence-electron chi connectivity index (χ1n) is 6.86. The first-order chi connectivity index (χ1) is 9.66. The van der Waals surface area contributed by atoms with E-state index in [0.29, 0.717) is 42.8 Å². The van der Waals surface area contributed by atoms with Crippen LogP contribution in [0.3, 0.4) is 0 Å². The lowest BCUT2D eigenvalue weighted by atomic mass is 10.1. The normalized spacial score (nSPS) is 19.6. The number of imide groups is 1. The molecule has 0 bridgehead atoms. The number of nitrogens with zero attached hydrogens (tertiary/aromatic N) is 2. The highest BCUT2D eigenvalue weighted by Crippen LogP contribution is 2.22. The molecule has 3 rings (SSSR count). The lowest BCUT2D eigenvalue weighted by Crippen LogP contribution is -2.41. The van der Waals surface area contributed by atoms with Crippen LogP contribution in [0.1, 0.15) is 33.6 Å². The number of piperidine rings is 1. The van der Waals surface area contributed by atoms with Gasteiger partial charge in [-0.2, -0.15) is 0 Å². The Morgan fingerprint density at radius 1 is 0.850 bits per heavy atom. The maximum atomic E-state index is 12.2. The van der Waals surface area contributed by atoms with Gasteiger partial charge in [-0.05, 0) is 12.1 Å². The zero-order valence-electron chi connectivity index (χ0n) is 11.2. The predicted octanol–water partition coefficient (Wildman–Crippen LogP) is 0.947. The van der Waals surface area contributed by atoms with E-state index in [1.165, 1.54) is 4.90 Å². The van der Waals surface area contributed by atoms with E-state index in [0.717, 1.165) is 13.1 Å². The van der Waals surface area contributed by atoms with Crippen molar-refractivity contribution in [3.63, 3.8) is 0 Å². The minimum atomic E-state index is -0.210. The molecular weight excluding hydrogens is 256 g/mol. The van der Waals surface area contributed by atoms with Gasteiger partial charge in [-0.15, -0.1) is 0 Å². The van der Waals surface area contributed by atoms with E-state index in [9.17, 15) is 14.4 Å². The molecule has 0 aromatic heterocycles. The van der Waals surface area contributed by atoms with Gasteiger partial charge in [0.25, 0.3) is 11.8 Å². The number of ketones is 1. The topological polar surface area (TPSA) is 57.7 Å². The molecule has 104 valence electrons. The number of fused-ring (bicyclic) bond motifs is 1. The van der Waals surface area contributed by atoms with E-state index in [1.807, 2.05) is 0 Å². The smallest absolute Gasteiger partial charge is 0.261 e. The molecule has 5 heteroatoms. The van der Waals surface area contributed by atoms with Crippen LogP contribution in [0.4, 0.5) is 0 Å². The molecule has 0 atom stereocenters. The number of carbonyl (C=O) groups is 3. The fraction of sp³-hybridized carbons (Fsp3) is 0.400. The van der Waals surface area contributed by atoms with Crippen LogP contribution in [0.2, 0.25) is 0 Å². The first-order valence-corrected chi connectivity index (χ1v) is 6.86. The maximum Gasteiger partial charge on any atom is 0.261 e. The van der Waals surface area contributed by atoms with Gasteiger partial charge < -0.3 is 4.90 Å². The summed E-state index contributed by atoms with van der Waals surface area (Å²) >= 11 is 0. The molecule has 2 amide bonds. The molecule has 5 nitrogen and oxygen atoms in total. The third kappa shape index (κ3) is 2.25. The summed E-state index contributed by atoms with van der Waals surface area (Å²) in [5, 5.41) is 0. The van der Waals surface area contributed by atoms with Crippen LogP contribution in [-0.4, -0.2) is 53.6 Å². The number of likely N-dealkylation sites (tertiary alicyclic amines) is 1. The van der Waals surface area contributed by atoms with Crippen LogP contribution in [0.15, 0.2) is 24.3 Å². The molecule has 0 N–H and O–H groups in total. The summed E-state index contributed by atoms with van der Waals surface area (Å²) in [5.41, 5.74) is 0.984. The quantitative estimate of drug-likeness (QED) is 0.769. The Kier molecular flexibility index (Phi) is 3.36. The zero-order valence-corrected chi connectivity index (χ0v) is 11.2. The zero-order chi connectivity index (χ0) is 14.1. The largest absolute Gasteiger partial charge is 0.301 e. The van der Waals surface area contributed by atoms with Crippen molar-refractivity contribution in [1.29, 1.82) is 0 Å². The van der Waals surface area contributed by atoms with Crippen LogP contribution in [0.25, 0.3) is 0 Å². The summed E-state index contributed by atoms with van der Waals surface area (Å²) in [6.45, 7) is 2.48. The lowest BCUT2D eigenvalue weighted by Gasteiger charge is -2.27. The van der Waals surface area contributed by atoms with Gasteiger partial charge in [0.2, 0.25) is 0 Å². The van der Waals surface area contributed by atoms with Crippen LogP contribution in [0.5, 0.6) is 0 Å². The minimum absolute atomic E-state index is 0.210. The Bertz CT molecular complexity index is 537. The average Bonchev–Trinajstić information content (AvgIpc) is 2.71. The molecule has 2 aliphatic heterocycles. The van der Waals surface area contributed by atoms with Gasteiger partial charge in [0.15, 0.2) is 0 Å². The van der Waals surface area contributed by atoms with Crippen molar-refractivity contribution in [3.05, 3.63) is 35.4 Å². The van der Waals surface area contributed by atoms with Crippen molar-refractivity contribution in [1.82, 2.24) is 9.80 Å². The molecule has 2 heterocycles. The van der Waals surface area contributed by atoms with Crippen molar-refractivity contribution >= 4 is 17.6 Å². The average molecular weight is 272 g/mol. The van der Waals surface area contributed by atoms with E-state index >= 15 is 0 Å². The van der Waals surface area contributed by atoms with Crippen LogP contribution >= 0.6 is 0 Å². The Labute approximate surface area is 117 Å². The van der Waals surface area contributed by atoms with Crippen molar-refractivity contribution in [2.75, 3.05) is 26.2 Å². The monoisotopic (exact) mass is 272 g/mol. The first kappa shape index (κ1) is 13.0. The highest BCUT2D eigenvalue weighted by atomic mass is 16.2. The summed E-state index contributed by atoms with van der Waals surface area (Å²) in [5.74, 6) is -0.126. The van der Waals surface area contributed by atoms with Gasteiger partial charge in [-0.25, -0.2) is 0 Å². The third-order valence-corrected chi connectivity index (χ3v) is 3.93. The minimum Gasteiger partial charge on any atom is -0.301 e. The Morgan fingerprint density at radius 2 is 1.40 bits per heavy atom. The molecule has 20 heavy (non-hydrogen) atoms. The Balaban J connectivity index is 1.64. The van der Waals surface area contributed by atoms with Gasteiger partial charge in [0.1, 0.15) is 5.78 Å². The van der Waals surface area contributed by atoms with E-state index in [-0.39, 0.29) is 11.8 Å². The third-order valence-electron chi connectivity index (χ3n) is 3.93. The molecule has 0 aliphatic carbocycles. The van der Waals surface area contributed by atoms with Crippen LogP contribution in [-0.2, 0) is 4.79 Å². The van der Waals surface area contributed by atoms with Crippen molar-refractivity contribution < 1.29 is 14.4 Å². The van der Waals surface area contributed by atoms with E-state index in [4.69, 9.17) is 0 Å². The standard InChI is InChI=1S/C15H16N2O3/c18-11-5-7-16(8-6-11)9-10-17-14(19)12-3-1-2-4-13(12)15(17)20/h1-4H,5-10H2. The van der Waals surface area contributed by atoms with E-state index in [2.05, 4.69) is 4.90 Å². The highest BCUT2D eigenvalue weighted by Gasteiger charge is 2.35. The molecule has 0 spiro atoms. The molecule has 0 saturated carbocycles. The molecule has 2 aliphatic rings. The lowest BCUT2D eigenvalue weighted by molar-refractivity contribution is -0.121. The van der Waals surface area contributed by atoms with Crippen LogP contribution in [0, 0.1) is 0 Å². The number of carbonyl (C=O) groups excluding carboxylic acids is 3. The van der Waals surface area contributed by atoms with Gasteiger partial charge in [-0.1, -0.05) is 12.1 Å². The summed E-state index contributed by atoms with van der Waals surface area (Å²) < 4.78 is 0. The second-order valence-corrected chi connectivity index (χ2v) is 5.19. The molecule has 1 fully saturated rings. The fourth-order valence-corrected chi connectivity index (χ4v) is 2.71. The molecule has 0 unspecified atom stereocenters. The highest BCUT2D eigenvalue weighted by molar-refractivity contribution is 6.21. The molecule has 1 aromatic rings. The van der Waals surface area contributed by atoms with E-state index < -0.39 is 0 Å². The summed E-state index contributed by atoms with van der Waals surface area (Å²) in [6.07, 6.45) is 1.14. The molecule has 1 saturated heterocycles. The van der Waals surface area contributed by atoms with Crippen molar-refractivity contribution in [2.24, 2.45) is 0 Å². The number of benzene rings is 1. The Morgan fingerprint density at radius 3 is 1.95 bits per heavy atom. The summed E-state index contributed by atoms with van der Waals surface area (Å²) in [7, 11) is 0. The summed E-state index contributed by atoms with van der Waals surface area (Å²) in [4.78, 5) is 38.9.